The van der Waals surface area contributed by atoms with Gasteiger partial charge >= 0.3 is 5.97 Å². The Bertz CT molecular complexity index is 1050. The van der Waals surface area contributed by atoms with Crippen molar-refractivity contribution >= 4 is 48.6 Å². The summed E-state index contributed by atoms with van der Waals surface area (Å²) < 4.78 is 8.38. The van der Waals surface area contributed by atoms with E-state index in [1.807, 2.05) is 30.3 Å². The second-order valence-corrected chi connectivity index (χ2v) is 8.48. The predicted molar refractivity (Wildman–Crippen MR) is 117 cm³/mol. The number of fused-ring (bicyclic) bond motifs is 1. The Morgan fingerprint density at radius 3 is 2.54 bits per heavy atom. The molecule has 0 radical (unpaired) electrons. The summed E-state index contributed by atoms with van der Waals surface area (Å²) in [7, 11) is 0. The summed E-state index contributed by atoms with van der Waals surface area (Å²) in [5.74, 6) is 0.0360. The van der Waals surface area contributed by atoms with Gasteiger partial charge in [0, 0.05) is 14.3 Å². The van der Waals surface area contributed by atoms with Gasteiger partial charge in [-0.25, -0.2) is 4.68 Å². The van der Waals surface area contributed by atoms with Gasteiger partial charge in [-0.3, -0.25) is 9.59 Å². The molecule has 146 valence electrons. The molecule has 0 atom stereocenters. The third kappa shape index (κ3) is 4.70. The van der Waals surface area contributed by atoms with E-state index in [1.165, 1.54) is 10.2 Å². The molecule has 0 saturated carbocycles. The first-order valence-electron chi connectivity index (χ1n) is 8.95. The first-order valence-corrected chi connectivity index (χ1v) is 10.5. The highest BCUT2D eigenvalue weighted by atomic mass is 79.9. The summed E-state index contributed by atoms with van der Waals surface area (Å²) in [6, 6.07) is 11.3. The summed E-state index contributed by atoms with van der Waals surface area (Å²) in [6.07, 6.45) is 1.78. The first kappa shape index (κ1) is 20.7. The van der Waals surface area contributed by atoms with E-state index >= 15 is 0 Å². The molecule has 0 unspecified atom stereocenters. The molecule has 0 saturated heterocycles. The van der Waals surface area contributed by atoms with Crippen molar-refractivity contribution in [2.75, 3.05) is 6.61 Å². The summed E-state index contributed by atoms with van der Waals surface area (Å²) >= 11 is 7.08. The van der Waals surface area contributed by atoms with Gasteiger partial charge in [-0.15, -0.1) is 0 Å². The van der Waals surface area contributed by atoms with E-state index in [0.717, 1.165) is 19.9 Å². The number of carbonyl (C=O) groups is 1. The Balaban J connectivity index is 1.63. The van der Waals surface area contributed by atoms with Crippen LogP contribution in [0.15, 0.2) is 56.3 Å². The van der Waals surface area contributed by atoms with Crippen molar-refractivity contribution < 1.29 is 9.53 Å². The second kappa shape index (κ2) is 9.01. The van der Waals surface area contributed by atoms with Crippen molar-refractivity contribution in [3.8, 4) is 0 Å². The third-order valence-electron chi connectivity index (χ3n) is 4.48. The fourth-order valence-electron chi connectivity index (χ4n) is 2.85. The van der Waals surface area contributed by atoms with Crippen LogP contribution in [0.5, 0.6) is 0 Å². The van der Waals surface area contributed by atoms with Crippen molar-refractivity contribution in [2.24, 2.45) is 0 Å². The molecular formula is C21H20Br2N2O3. The largest absolute Gasteiger partial charge is 0.463 e. The monoisotopic (exact) mass is 506 g/mol. The molecule has 0 N–H and O–H groups in total. The van der Waals surface area contributed by atoms with E-state index in [0.29, 0.717) is 11.3 Å². The molecule has 1 heterocycles. The van der Waals surface area contributed by atoms with E-state index in [-0.39, 0.29) is 31.1 Å². The van der Waals surface area contributed by atoms with Crippen molar-refractivity contribution in [1.29, 1.82) is 0 Å². The second-order valence-electron chi connectivity index (χ2n) is 6.78. The number of hydrogen-bond donors (Lipinski definition) is 0. The number of hydrogen-bond acceptors (Lipinski definition) is 4. The average molecular weight is 508 g/mol. The van der Waals surface area contributed by atoms with Crippen LogP contribution >= 0.6 is 31.9 Å². The number of halogens is 2. The Hall–Kier alpha value is -1.99. The summed E-state index contributed by atoms with van der Waals surface area (Å²) in [5.41, 5.74) is 1.83. The van der Waals surface area contributed by atoms with Gasteiger partial charge in [0.1, 0.15) is 6.61 Å². The lowest BCUT2D eigenvalue weighted by atomic mass is 10.0. The zero-order valence-electron chi connectivity index (χ0n) is 15.6. The zero-order chi connectivity index (χ0) is 20.3. The minimum atomic E-state index is -0.354. The van der Waals surface area contributed by atoms with E-state index in [2.05, 4.69) is 50.8 Å². The van der Waals surface area contributed by atoms with Gasteiger partial charge in [0.05, 0.1) is 24.5 Å². The lowest BCUT2D eigenvalue weighted by molar-refractivity contribution is -0.143. The Morgan fingerprint density at radius 1 is 1.18 bits per heavy atom. The van der Waals surface area contributed by atoms with Crippen LogP contribution in [0.4, 0.5) is 0 Å². The van der Waals surface area contributed by atoms with E-state index < -0.39 is 0 Å². The van der Waals surface area contributed by atoms with Crippen LogP contribution in [0.1, 0.15) is 30.9 Å². The van der Waals surface area contributed by atoms with Crippen LogP contribution in [0.25, 0.3) is 10.8 Å². The van der Waals surface area contributed by atoms with Crippen LogP contribution in [0.3, 0.4) is 0 Å². The quantitative estimate of drug-likeness (QED) is 0.448. The standard InChI is InChI=1S/C21H20Br2N2O3/c1-13(2)15-9-18(22)17(19(23)10-15)11-20(26)28-8-7-25-21(27)16-6-4-3-5-14(16)12-24-25/h3-6,9-10,12-13H,7-8,11H2,1-2H3. The molecule has 0 aliphatic carbocycles. The van der Waals surface area contributed by atoms with Gasteiger partial charge in [0.25, 0.3) is 5.56 Å². The lowest BCUT2D eigenvalue weighted by Gasteiger charge is -2.13. The summed E-state index contributed by atoms with van der Waals surface area (Å²) in [5, 5.41) is 5.53. The van der Waals surface area contributed by atoms with Crippen LogP contribution < -0.4 is 5.56 Å². The maximum Gasteiger partial charge on any atom is 0.310 e. The zero-order valence-corrected chi connectivity index (χ0v) is 18.8. The van der Waals surface area contributed by atoms with Crippen LogP contribution in [0.2, 0.25) is 0 Å². The topological polar surface area (TPSA) is 61.2 Å². The van der Waals surface area contributed by atoms with E-state index in [4.69, 9.17) is 4.74 Å². The molecule has 2 aromatic carbocycles. The van der Waals surface area contributed by atoms with Crippen molar-refractivity contribution in [3.63, 3.8) is 0 Å². The Labute approximate surface area is 180 Å². The molecular weight excluding hydrogens is 488 g/mol. The highest BCUT2D eigenvalue weighted by Gasteiger charge is 2.14. The van der Waals surface area contributed by atoms with Crippen molar-refractivity contribution in [3.05, 3.63) is 73.0 Å². The third-order valence-corrected chi connectivity index (χ3v) is 5.89. The molecule has 3 rings (SSSR count). The van der Waals surface area contributed by atoms with Crippen molar-refractivity contribution in [1.82, 2.24) is 9.78 Å². The molecule has 3 aromatic rings. The van der Waals surface area contributed by atoms with E-state index in [9.17, 15) is 9.59 Å². The van der Waals surface area contributed by atoms with Gasteiger partial charge in [-0.1, -0.05) is 63.9 Å². The molecule has 0 fully saturated rings. The highest BCUT2D eigenvalue weighted by molar-refractivity contribution is 9.11. The van der Waals surface area contributed by atoms with Gasteiger partial charge in [0.2, 0.25) is 0 Å². The van der Waals surface area contributed by atoms with Gasteiger partial charge in [-0.05, 0) is 35.2 Å². The number of rotatable bonds is 6. The maximum atomic E-state index is 12.4. The minimum Gasteiger partial charge on any atom is -0.463 e. The smallest absolute Gasteiger partial charge is 0.310 e. The normalized spacial score (nSPS) is 11.2. The van der Waals surface area contributed by atoms with Crippen molar-refractivity contribution in [2.45, 2.75) is 32.7 Å². The highest BCUT2D eigenvalue weighted by Crippen LogP contribution is 2.31. The first-order chi connectivity index (χ1) is 13.4. The predicted octanol–water partition coefficient (Wildman–Crippen LogP) is 4.83. The SMILES string of the molecule is CC(C)c1cc(Br)c(CC(=O)OCCn2ncc3ccccc3c2=O)c(Br)c1. The maximum absolute atomic E-state index is 12.4. The van der Waals surface area contributed by atoms with Crippen LogP contribution in [-0.4, -0.2) is 22.4 Å². The van der Waals surface area contributed by atoms with Crippen LogP contribution in [-0.2, 0) is 22.5 Å². The number of nitrogens with zero attached hydrogens (tertiary/aromatic N) is 2. The minimum absolute atomic E-state index is 0.0867. The van der Waals surface area contributed by atoms with Gasteiger partial charge in [-0.2, -0.15) is 5.10 Å². The molecule has 0 spiro atoms. The lowest BCUT2D eigenvalue weighted by Crippen LogP contribution is -2.25. The Kier molecular flexibility index (Phi) is 6.67. The summed E-state index contributed by atoms with van der Waals surface area (Å²) in [4.78, 5) is 24.7. The molecule has 0 amide bonds. The Morgan fingerprint density at radius 2 is 1.86 bits per heavy atom. The molecule has 0 aliphatic rings. The fraction of sp³-hybridized carbons (Fsp3) is 0.286. The number of esters is 1. The molecule has 0 bridgehead atoms. The van der Waals surface area contributed by atoms with Gasteiger partial charge < -0.3 is 4.74 Å². The van der Waals surface area contributed by atoms with Gasteiger partial charge in [0.15, 0.2) is 0 Å². The average Bonchev–Trinajstić information content (AvgIpc) is 2.66. The fourth-order valence-corrected chi connectivity index (χ4v) is 4.36. The molecule has 1 aromatic heterocycles. The number of benzene rings is 2. The molecule has 5 nitrogen and oxygen atoms in total. The van der Waals surface area contributed by atoms with Crippen LogP contribution in [0, 0.1) is 0 Å². The number of ether oxygens (including phenoxy) is 1. The summed E-state index contributed by atoms with van der Waals surface area (Å²) in [6.45, 7) is 4.53. The number of carbonyl (C=O) groups excluding carboxylic acids is 1. The number of aromatic nitrogens is 2. The molecule has 7 heteroatoms. The van der Waals surface area contributed by atoms with E-state index in [1.54, 1.807) is 12.3 Å². The molecule has 28 heavy (non-hydrogen) atoms. The molecule has 0 aliphatic heterocycles.